The van der Waals surface area contributed by atoms with Gasteiger partial charge < -0.3 is 9.47 Å². The van der Waals surface area contributed by atoms with Gasteiger partial charge in [-0.3, -0.25) is 4.79 Å². The molecule has 0 aliphatic heterocycles. The first-order valence-electron chi connectivity index (χ1n) is 4.85. The highest BCUT2D eigenvalue weighted by Gasteiger charge is 2.13. The summed E-state index contributed by atoms with van der Waals surface area (Å²) < 4.78 is 20.5. The zero-order valence-electron chi connectivity index (χ0n) is 9.65. The van der Waals surface area contributed by atoms with E-state index in [2.05, 4.69) is 4.28 Å². The zero-order valence-corrected chi connectivity index (χ0v) is 9.46. The summed E-state index contributed by atoms with van der Waals surface area (Å²) in [5.74, 6) is -0.977. The smallest absolute Gasteiger partial charge is 0.332 e. The molecule has 0 spiro atoms. The van der Waals surface area contributed by atoms with Crippen LogP contribution in [0.5, 0.6) is 0 Å². The van der Waals surface area contributed by atoms with Crippen LogP contribution in [0.1, 0.15) is 20.3 Å². The summed E-state index contributed by atoms with van der Waals surface area (Å²) in [6, 6.07) is 0. The normalized spacial score (nSPS) is 12.8. The number of carbonyl (C=O) groups is 2. The van der Waals surface area contributed by atoms with Crippen molar-refractivity contribution in [1.29, 1.82) is 1.12 Å². The van der Waals surface area contributed by atoms with E-state index in [-0.39, 0.29) is 25.8 Å². The Morgan fingerprint density at radius 3 is 2.93 bits per heavy atom. The van der Waals surface area contributed by atoms with Crippen LogP contribution in [0.15, 0.2) is 0 Å². The molecule has 0 aromatic carbocycles. The molecule has 0 heterocycles. The van der Waals surface area contributed by atoms with Crippen LogP contribution in [0.25, 0.3) is 0 Å². The fourth-order valence-corrected chi connectivity index (χ4v) is 0.928. The fraction of sp³-hybridized carbons (Fsp3) is 0.750. The van der Waals surface area contributed by atoms with E-state index in [0.717, 1.165) is 0 Å². The van der Waals surface area contributed by atoms with Crippen molar-refractivity contribution >= 4 is 24.7 Å². The van der Waals surface area contributed by atoms with Crippen molar-refractivity contribution in [2.24, 2.45) is 0 Å². The molecule has 6 nitrogen and oxygen atoms in total. The molecule has 0 fully saturated rings. The van der Waals surface area contributed by atoms with Gasteiger partial charge in [0.2, 0.25) is 5.91 Å². The maximum atomic E-state index is 11.1. The quantitative estimate of drug-likeness (QED) is 0.275. The van der Waals surface area contributed by atoms with Crippen molar-refractivity contribution < 1.29 is 23.3 Å². The van der Waals surface area contributed by atoms with Crippen molar-refractivity contribution in [3.8, 4) is 0 Å². The van der Waals surface area contributed by atoms with Crippen molar-refractivity contribution in [2.75, 3.05) is 13.2 Å². The summed E-state index contributed by atoms with van der Waals surface area (Å²) in [7, 11) is 0. The molecule has 0 saturated carbocycles. The molecule has 7 heteroatoms. The van der Waals surface area contributed by atoms with Gasteiger partial charge in [0, 0.05) is 19.4 Å². The Hall–Kier alpha value is -0.790. The van der Waals surface area contributed by atoms with E-state index < -0.39 is 18.0 Å². The second-order valence-corrected chi connectivity index (χ2v) is 2.92. The molecule has 15 heavy (non-hydrogen) atoms. The first kappa shape index (κ1) is 12.3. The molecule has 0 aromatic heterocycles. The van der Waals surface area contributed by atoms with Crippen LogP contribution >= 0.6 is 12.8 Å². The Balaban J connectivity index is 3.67. The maximum Gasteiger partial charge on any atom is 0.332 e. The highest BCUT2D eigenvalue weighted by Crippen LogP contribution is 1.98. The monoisotopic (exact) mass is 239 g/mol. The van der Waals surface area contributed by atoms with Crippen molar-refractivity contribution in [1.82, 2.24) is 5.48 Å². The third kappa shape index (κ3) is 8.22. The average molecular weight is 239 g/mol. The largest absolute Gasteiger partial charge is 0.460 e. The van der Waals surface area contributed by atoms with Crippen molar-refractivity contribution in [3.05, 3.63) is 0 Å². The van der Waals surface area contributed by atoms with E-state index in [9.17, 15) is 9.59 Å². The van der Waals surface area contributed by atoms with Gasteiger partial charge >= 0.3 is 5.97 Å². The van der Waals surface area contributed by atoms with Gasteiger partial charge in [0.25, 0.3) is 0 Å². The number of hydrogen-bond donors (Lipinski definition) is 2. The number of thiol groups is 1. The van der Waals surface area contributed by atoms with Crippen LogP contribution in [0, 0.1) is 0 Å². The van der Waals surface area contributed by atoms with Crippen molar-refractivity contribution in [2.45, 2.75) is 26.4 Å². The lowest BCUT2D eigenvalue weighted by Crippen LogP contribution is -2.27. The second-order valence-electron chi connectivity index (χ2n) is 2.75. The van der Waals surface area contributed by atoms with Gasteiger partial charge in [-0.15, -0.1) is 0 Å². The van der Waals surface area contributed by atoms with Crippen LogP contribution in [-0.4, -0.2) is 32.3 Å². The number of nitrogens with one attached hydrogen (secondary N) is 1. The standard InChI is InChI=1S/C8H15NO5S/c1-3-12-5-8(11)13-6(2)4-7(10)9-14-15/h6,15H,3-5H2,1-2H3,(H,9,10)/i/hT. The number of rotatable bonds is 8. The number of ether oxygens (including phenoxy) is 2. The molecule has 0 saturated heterocycles. The lowest BCUT2D eigenvalue weighted by Gasteiger charge is -2.12. The summed E-state index contributed by atoms with van der Waals surface area (Å²) in [6.45, 7) is 3.65. The number of carbonyl (C=O) groups excluding carboxylic acids is 2. The first-order valence-corrected chi connectivity index (χ1v) is 4.78. The van der Waals surface area contributed by atoms with E-state index in [1.807, 2.05) is 5.48 Å². The van der Waals surface area contributed by atoms with Crippen LogP contribution in [-0.2, 0) is 23.3 Å². The number of amides is 1. The predicted molar refractivity (Wildman–Crippen MR) is 54.9 cm³/mol. The lowest BCUT2D eigenvalue weighted by atomic mass is 10.3. The molecule has 0 aliphatic carbocycles. The minimum Gasteiger partial charge on any atom is -0.460 e. The first-order chi connectivity index (χ1) is 7.60. The Morgan fingerprint density at radius 2 is 2.33 bits per heavy atom. The van der Waals surface area contributed by atoms with E-state index in [1.54, 1.807) is 13.8 Å². The van der Waals surface area contributed by atoms with Crippen LogP contribution in [0.3, 0.4) is 0 Å². The van der Waals surface area contributed by atoms with Gasteiger partial charge in [-0.2, -0.15) is 0 Å². The maximum absolute atomic E-state index is 11.1. The Morgan fingerprint density at radius 1 is 1.60 bits per heavy atom. The molecule has 1 N–H and O–H groups in total. The number of esters is 1. The minimum absolute atomic E-state index is 0.0293. The highest BCUT2D eigenvalue weighted by atomic mass is 32.1. The zero-order chi connectivity index (χ0) is 12.4. The molecule has 1 unspecified atom stereocenters. The minimum atomic E-state index is -0.563. The lowest BCUT2D eigenvalue weighted by molar-refractivity contribution is -0.154. The molecule has 88 valence electrons. The number of hydroxylamine groups is 1. The SMILES string of the molecule is [3H]SONC(=O)CC(C)OC(=O)COCC. The van der Waals surface area contributed by atoms with Crippen LogP contribution in [0.2, 0.25) is 0 Å². The Labute approximate surface area is 94.9 Å². The summed E-state index contributed by atoms with van der Waals surface area (Å²) >= 11 is 0.272. The third-order valence-electron chi connectivity index (χ3n) is 1.39. The van der Waals surface area contributed by atoms with E-state index >= 15 is 0 Å². The van der Waals surface area contributed by atoms with E-state index in [4.69, 9.17) is 10.6 Å². The molecular formula is C8H15NO5S. The topological polar surface area (TPSA) is 73.9 Å². The highest BCUT2D eigenvalue weighted by molar-refractivity contribution is 7.75. The summed E-state index contributed by atoms with van der Waals surface area (Å²) in [5, 5.41) is 0. The second kappa shape index (κ2) is 8.51. The van der Waals surface area contributed by atoms with E-state index in [1.165, 1.54) is 0 Å². The molecule has 1 amide bonds. The fourth-order valence-electron chi connectivity index (χ4n) is 0.835. The van der Waals surface area contributed by atoms with Gasteiger partial charge in [0.05, 0.1) is 6.42 Å². The summed E-state index contributed by atoms with van der Waals surface area (Å²) in [4.78, 5) is 22.1. The average Bonchev–Trinajstić information content (AvgIpc) is 2.23. The van der Waals surface area contributed by atoms with Gasteiger partial charge in [-0.1, -0.05) is 0 Å². The number of hydrogen-bond acceptors (Lipinski definition) is 6. The van der Waals surface area contributed by atoms with Crippen LogP contribution in [0.4, 0.5) is 0 Å². The Bertz CT molecular complexity index is 206. The van der Waals surface area contributed by atoms with Gasteiger partial charge in [-0.05, 0) is 13.8 Å². The van der Waals surface area contributed by atoms with Crippen LogP contribution < -0.4 is 5.48 Å². The van der Waals surface area contributed by atoms with Crippen molar-refractivity contribution in [3.63, 3.8) is 0 Å². The van der Waals surface area contributed by atoms with E-state index in [0.29, 0.717) is 6.61 Å². The molecule has 1 atom stereocenters. The molecule has 0 radical (unpaired) electrons. The van der Waals surface area contributed by atoms with Gasteiger partial charge in [0.15, 0.2) is 0 Å². The molecule has 0 rings (SSSR count). The van der Waals surface area contributed by atoms with Gasteiger partial charge in [0.1, 0.15) is 13.8 Å². The predicted octanol–water partition coefficient (Wildman–Crippen LogP) is 0.237. The van der Waals surface area contributed by atoms with Gasteiger partial charge in [-0.25, -0.2) is 14.6 Å². The molecule has 0 bridgehead atoms. The molecule has 0 aromatic rings. The summed E-state index contributed by atoms with van der Waals surface area (Å²) in [6.07, 6.45) is -0.592. The summed E-state index contributed by atoms with van der Waals surface area (Å²) in [5.41, 5.74) is 1.99. The molecule has 0 aliphatic rings. The Kier molecular flexibility index (Phi) is 6.97. The molecular weight excluding hydrogens is 222 g/mol. The third-order valence-corrected chi connectivity index (χ3v) is 1.47.